The lowest BCUT2D eigenvalue weighted by atomic mass is 10.1. The second kappa shape index (κ2) is 4.70. The molecule has 0 spiro atoms. The van der Waals surface area contributed by atoms with Crippen LogP contribution in [0, 0.1) is 0 Å². The molecule has 0 aliphatic carbocycles. The van der Waals surface area contributed by atoms with E-state index in [0.29, 0.717) is 5.69 Å². The third-order valence-corrected chi connectivity index (χ3v) is 4.69. The number of nitrogens with zero attached hydrogens (tertiary/aromatic N) is 1. The van der Waals surface area contributed by atoms with Gasteiger partial charge < -0.3 is 10.6 Å². The van der Waals surface area contributed by atoms with Gasteiger partial charge in [-0.25, -0.2) is 0 Å². The molecule has 1 amide bonds. The monoisotopic (exact) mass is 272 g/mol. The molecule has 4 heteroatoms. The van der Waals surface area contributed by atoms with Gasteiger partial charge in [0.15, 0.2) is 0 Å². The summed E-state index contributed by atoms with van der Waals surface area (Å²) in [5.74, 6) is 0.0917. The maximum absolute atomic E-state index is 12.5. The Morgan fingerprint density at radius 3 is 2.95 bits per heavy atom. The van der Waals surface area contributed by atoms with E-state index in [-0.39, 0.29) is 5.91 Å². The van der Waals surface area contributed by atoms with E-state index in [1.54, 1.807) is 11.3 Å². The van der Waals surface area contributed by atoms with Crippen LogP contribution in [0.4, 0.5) is 11.4 Å². The number of benzene rings is 1. The zero-order chi connectivity index (χ0) is 13.4. The Bertz CT molecular complexity index is 633. The van der Waals surface area contributed by atoms with Gasteiger partial charge in [0, 0.05) is 22.8 Å². The van der Waals surface area contributed by atoms with Crippen LogP contribution in [0.1, 0.15) is 27.0 Å². The van der Waals surface area contributed by atoms with Crippen molar-refractivity contribution in [2.24, 2.45) is 0 Å². The second-order valence-corrected chi connectivity index (χ2v) is 5.88. The molecular formula is C15H16N2OS. The minimum Gasteiger partial charge on any atom is -0.399 e. The Balaban J connectivity index is 1.92. The maximum Gasteiger partial charge on any atom is 0.268 e. The molecule has 3 nitrogen and oxygen atoms in total. The first-order chi connectivity index (χ1) is 9.19. The molecule has 3 rings (SSSR count). The molecule has 0 bridgehead atoms. The molecule has 0 saturated heterocycles. The van der Waals surface area contributed by atoms with Crippen LogP contribution in [0.25, 0.3) is 0 Å². The van der Waals surface area contributed by atoms with Crippen molar-refractivity contribution in [2.45, 2.75) is 19.8 Å². The topological polar surface area (TPSA) is 46.3 Å². The molecule has 98 valence electrons. The van der Waals surface area contributed by atoms with E-state index in [1.165, 1.54) is 10.4 Å². The highest BCUT2D eigenvalue weighted by atomic mass is 32.1. The van der Waals surface area contributed by atoms with Gasteiger partial charge in [-0.15, -0.1) is 11.3 Å². The summed E-state index contributed by atoms with van der Waals surface area (Å²) < 4.78 is 0. The summed E-state index contributed by atoms with van der Waals surface area (Å²) in [7, 11) is 0. The largest absolute Gasteiger partial charge is 0.399 e. The van der Waals surface area contributed by atoms with E-state index in [1.807, 2.05) is 35.2 Å². The fraction of sp³-hybridized carbons (Fsp3) is 0.267. The quantitative estimate of drug-likeness (QED) is 0.854. The molecule has 0 fully saturated rings. The molecular weight excluding hydrogens is 256 g/mol. The van der Waals surface area contributed by atoms with E-state index < -0.39 is 0 Å². The number of nitrogens with two attached hydrogens (primary N) is 1. The first-order valence-electron chi connectivity index (χ1n) is 6.48. The minimum absolute atomic E-state index is 0.0917. The number of carbonyl (C=O) groups excluding carboxylic acids is 1. The predicted molar refractivity (Wildman–Crippen MR) is 79.9 cm³/mol. The van der Waals surface area contributed by atoms with Crippen molar-refractivity contribution < 1.29 is 4.79 Å². The lowest BCUT2D eigenvalue weighted by Gasteiger charge is -2.16. The molecule has 0 saturated carbocycles. The van der Waals surface area contributed by atoms with Crippen molar-refractivity contribution in [1.29, 1.82) is 0 Å². The summed E-state index contributed by atoms with van der Waals surface area (Å²) in [6, 6.07) is 9.77. The number of hydrogen-bond donors (Lipinski definition) is 1. The standard InChI is InChI=1S/C15H16N2OS/c1-2-12-5-6-14(19-12)15(18)17-8-7-10-3-4-11(16)9-13(10)17/h3-6,9H,2,7-8,16H2,1H3. The van der Waals surface area contributed by atoms with Gasteiger partial charge in [0.25, 0.3) is 5.91 Å². The number of aryl methyl sites for hydroxylation is 1. The average Bonchev–Trinajstić information content (AvgIpc) is 3.04. The molecule has 2 aromatic rings. The Labute approximate surface area is 116 Å². The van der Waals surface area contributed by atoms with Crippen molar-refractivity contribution in [3.63, 3.8) is 0 Å². The normalized spacial score (nSPS) is 13.6. The molecule has 2 N–H and O–H groups in total. The zero-order valence-electron chi connectivity index (χ0n) is 10.8. The molecule has 1 aromatic carbocycles. The molecule has 0 atom stereocenters. The summed E-state index contributed by atoms with van der Waals surface area (Å²) in [4.78, 5) is 16.4. The van der Waals surface area contributed by atoms with Crippen molar-refractivity contribution >= 4 is 28.6 Å². The molecule has 19 heavy (non-hydrogen) atoms. The van der Waals surface area contributed by atoms with Gasteiger partial charge in [-0.05, 0) is 42.7 Å². The van der Waals surface area contributed by atoms with Crippen LogP contribution in [-0.2, 0) is 12.8 Å². The molecule has 2 heterocycles. The van der Waals surface area contributed by atoms with Crippen LogP contribution in [0.15, 0.2) is 30.3 Å². The first-order valence-corrected chi connectivity index (χ1v) is 7.29. The number of anilines is 2. The predicted octanol–water partition coefficient (Wildman–Crippen LogP) is 3.10. The van der Waals surface area contributed by atoms with Crippen LogP contribution < -0.4 is 10.6 Å². The lowest BCUT2D eigenvalue weighted by Crippen LogP contribution is -2.28. The Kier molecular flexibility index (Phi) is 3.03. The number of nitrogen functional groups attached to an aromatic ring is 1. The Hall–Kier alpha value is -1.81. The average molecular weight is 272 g/mol. The van der Waals surface area contributed by atoms with E-state index in [0.717, 1.165) is 30.0 Å². The number of amides is 1. The number of rotatable bonds is 2. The lowest BCUT2D eigenvalue weighted by molar-refractivity contribution is 0.0993. The van der Waals surface area contributed by atoms with Gasteiger partial charge in [-0.3, -0.25) is 4.79 Å². The summed E-state index contributed by atoms with van der Waals surface area (Å²) in [5, 5.41) is 0. The van der Waals surface area contributed by atoms with Gasteiger partial charge in [-0.1, -0.05) is 13.0 Å². The molecule has 1 aliphatic heterocycles. The fourth-order valence-electron chi connectivity index (χ4n) is 2.42. The highest BCUT2D eigenvalue weighted by Gasteiger charge is 2.26. The van der Waals surface area contributed by atoms with Crippen LogP contribution in [0.5, 0.6) is 0 Å². The van der Waals surface area contributed by atoms with E-state index >= 15 is 0 Å². The van der Waals surface area contributed by atoms with Crippen molar-refractivity contribution in [1.82, 2.24) is 0 Å². The van der Waals surface area contributed by atoms with Crippen molar-refractivity contribution in [3.8, 4) is 0 Å². The summed E-state index contributed by atoms with van der Waals surface area (Å²) >= 11 is 1.58. The Morgan fingerprint density at radius 2 is 2.21 bits per heavy atom. The Morgan fingerprint density at radius 1 is 1.37 bits per heavy atom. The van der Waals surface area contributed by atoms with Gasteiger partial charge in [0.1, 0.15) is 0 Å². The number of thiophene rings is 1. The highest BCUT2D eigenvalue weighted by Crippen LogP contribution is 2.32. The number of fused-ring (bicyclic) bond motifs is 1. The SMILES string of the molecule is CCc1ccc(C(=O)N2CCc3ccc(N)cc32)s1. The van der Waals surface area contributed by atoms with Gasteiger partial charge in [0.2, 0.25) is 0 Å². The van der Waals surface area contributed by atoms with Gasteiger partial charge in [0.05, 0.1) is 4.88 Å². The molecule has 0 unspecified atom stereocenters. The third-order valence-electron chi connectivity index (χ3n) is 3.47. The smallest absolute Gasteiger partial charge is 0.268 e. The molecule has 0 radical (unpaired) electrons. The second-order valence-electron chi connectivity index (χ2n) is 4.71. The minimum atomic E-state index is 0.0917. The van der Waals surface area contributed by atoms with Crippen LogP contribution in [0.3, 0.4) is 0 Å². The summed E-state index contributed by atoms with van der Waals surface area (Å²) in [6.07, 6.45) is 1.88. The van der Waals surface area contributed by atoms with Crippen LogP contribution in [0.2, 0.25) is 0 Å². The zero-order valence-corrected chi connectivity index (χ0v) is 11.7. The van der Waals surface area contributed by atoms with Gasteiger partial charge in [-0.2, -0.15) is 0 Å². The van der Waals surface area contributed by atoms with E-state index in [4.69, 9.17) is 5.73 Å². The molecule has 1 aromatic heterocycles. The van der Waals surface area contributed by atoms with Gasteiger partial charge >= 0.3 is 0 Å². The van der Waals surface area contributed by atoms with Crippen molar-refractivity contribution in [3.05, 3.63) is 45.6 Å². The number of hydrogen-bond acceptors (Lipinski definition) is 3. The maximum atomic E-state index is 12.5. The number of carbonyl (C=O) groups is 1. The van der Waals surface area contributed by atoms with Crippen molar-refractivity contribution in [2.75, 3.05) is 17.2 Å². The van der Waals surface area contributed by atoms with Crippen LogP contribution in [-0.4, -0.2) is 12.5 Å². The summed E-state index contributed by atoms with van der Waals surface area (Å²) in [6.45, 7) is 2.85. The van der Waals surface area contributed by atoms with E-state index in [2.05, 4.69) is 6.92 Å². The molecule has 1 aliphatic rings. The van der Waals surface area contributed by atoms with Crippen LogP contribution >= 0.6 is 11.3 Å². The highest BCUT2D eigenvalue weighted by molar-refractivity contribution is 7.14. The first kappa shape index (κ1) is 12.2. The van der Waals surface area contributed by atoms with E-state index in [9.17, 15) is 4.79 Å². The fourth-order valence-corrected chi connectivity index (χ4v) is 3.32. The summed E-state index contributed by atoms with van der Waals surface area (Å²) in [5.41, 5.74) is 8.70. The third kappa shape index (κ3) is 2.12.